The Morgan fingerprint density at radius 1 is 1.27 bits per heavy atom. The van der Waals surface area contributed by atoms with Crippen LogP contribution in [0.3, 0.4) is 0 Å². The molecule has 0 aliphatic carbocycles. The van der Waals surface area contributed by atoms with Crippen LogP contribution >= 0.6 is 11.6 Å². The van der Waals surface area contributed by atoms with Gasteiger partial charge in [0.05, 0.1) is 24.8 Å². The number of halogens is 1. The molecule has 2 rings (SSSR count). The number of rotatable bonds is 6. The molecular formula is C16H23ClN2O3. The number of Topliss-reactive ketones (excluding diaryl/α,β-unsaturated/α-hetero) is 1. The van der Waals surface area contributed by atoms with Crippen molar-refractivity contribution >= 4 is 17.4 Å². The van der Waals surface area contributed by atoms with E-state index in [1.54, 1.807) is 19.2 Å². The first-order valence-corrected chi connectivity index (χ1v) is 7.83. The summed E-state index contributed by atoms with van der Waals surface area (Å²) in [5.41, 5.74) is 0.510. The van der Waals surface area contributed by atoms with Gasteiger partial charge in [-0.15, -0.1) is 0 Å². The van der Waals surface area contributed by atoms with Crippen molar-refractivity contribution in [1.82, 2.24) is 10.2 Å². The van der Waals surface area contributed by atoms with Crippen molar-refractivity contribution in [2.45, 2.75) is 6.92 Å². The molecule has 1 aliphatic rings. The number of nitrogens with one attached hydrogen (secondary N) is 1. The maximum Gasteiger partial charge on any atom is 0.170 e. The summed E-state index contributed by atoms with van der Waals surface area (Å²) < 4.78 is 10.5. The molecule has 0 amide bonds. The molecule has 1 heterocycles. The summed E-state index contributed by atoms with van der Waals surface area (Å²) in [5.74, 6) is 0.930. The largest absolute Gasteiger partial charge is 0.496 e. The molecule has 1 saturated heterocycles. The molecule has 0 radical (unpaired) electrons. The Morgan fingerprint density at radius 2 is 1.91 bits per heavy atom. The molecule has 1 aromatic carbocycles. The second-order valence-electron chi connectivity index (χ2n) is 5.50. The van der Waals surface area contributed by atoms with Gasteiger partial charge in [-0.1, -0.05) is 18.5 Å². The van der Waals surface area contributed by atoms with Crippen molar-refractivity contribution in [2.75, 3.05) is 46.9 Å². The van der Waals surface area contributed by atoms with E-state index in [9.17, 15) is 4.79 Å². The molecule has 0 bridgehead atoms. The lowest BCUT2D eigenvalue weighted by Crippen LogP contribution is -2.45. The van der Waals surface area contributed by atoms with Gasteiger partial charge in [0, 0.05) is 44.7 Å². The van der Waals surface area contributed by atoms with E-state index in [-0.39, 0.29) is 11.7 Å². The molecule has 1 aromatic rings. The predicted molar refractivity (Wildman–Crippen MR) is 87.4 cm³/mol. The van der Waals surface area contributed by atoms with Gasteiger partial charge in [-0.05, 0) is 6.07 Å². The highest BCUT2D eigenvalue weighted by molar-refractivity contribution is 6.32. The van der Waals surface area contributed by atoms with Crippen LogP contribution in [-0.4, -0.2) is 57.6 Å². The summed E-state index contributed by atoms with van der Waals surface area (Å²) in [6.07, 6.45) is 0. The molecule has 0 aromatic heterocycles. The van der Waals surface area contributed by atoms with Crippen LogP contribution in [0, 0.1) is 5.92 Å². The second kappa shape index (κ2) is 7.81. The van der Waals surface area contributed by atoms with E-state index in [0.29, 0.717) is 22.1 Å². The smallest absolute Gasteiger partial charge is 0.170 e. The average molecular weight is 327 g/mol. The number of hydrogen-bond donors (Lipinski definition) is 1. The highest BCUT2D eigenvalue weighted by Crippen LogP contribution is 2.33. The Morgan fingerprint density at radius 3 is 2.50 bits per heavy atom. The predicted octanol–water partition coefficient (Wildman–Crippen LogP) is 2.08. The molecule has 0 spiro atoms. The zero-order chi connectivity index (χ0) is 16.1. The van der Waals surface area contributed by atoms with Crippen LogP contribution in [-0.2, 0) is 0 Å². The minimum absolute atomic E-state index is 0.0416. The highest BCUT2D eigenvalue weighted by Gasteiger charge is 2.23. The van der Waals surface area contributed by atoms with Gasteiger partial charge in [0.2, 0.25) is 0 Å². The monoisotopic (exact) mass is 326 g/mol. The van der Waals surface area contributed by atoms with E-state index >= 15 is 0 Å². The van der Waals surface area contributed by atoms with Crippen LogP contribution in [0.25, 0.3) is 0 Å². The third-order valence-corrected chi connectivity index (χ3v) is 4.22. The lowest BCUT2D eigenvalue weighted by Gasteiger charge is -2.29. The normalized spacial score (nSPS) is 17.1. The zero-order valence-electron chi connectivity index (χ0n) is 13.3. The summed E-state index contributed by atoms with van der Waals surface area (Å²) >= 11 is 6.15. The van der Waals surface area contributed by atoms with Gasteiger partial charge >= 0.3 is 0 Å². The molecule has 22 heavy (non-hydrogen) atoms. The molecule has 6 heteroatoms. The molecule has 1 fully saturated rings. The number of piperazine rings is 1. The van der Waals surface area contributed by atoms with Crippen molar-refractivity contribution in [2.24, 2.45) is 5.92 Å². The molecule has 122 valence electrons. The standard InChI is InChI=1S/C16H23ClN2O3/c1-11(10-19-6-4-18-5-7-19)16(20)12-8-13(17)15(22-3)9-14(12)21-2/h8-9,11,18H,4-7,10H2,1-3H3. The minimum Gasteiger partial charge on any atom is -0.496 e. The van der Waals surface area contributed by atoms with E-state index in [4.69, 9.17) is 21.1 Å². The summed E-state index contributed by atoms with van der Waals surface area (Å²) in [7, 11) is 3.08. The summed E-state index contributed by atoms with van der Waals surface area (Å²) in [6, 6.07) is 3.29. The van der Waals surface area contributed by atoms with Crippen LogP contribution in [0.15, 0.2) is 12.1 Å². The second-order valence-corrected chi connectivity index (χ2v) is 5.91. The van der Waals surface area contributed by atoms with E-state index in [0.717, 1.165) is 32.7 Å². The SMILES string of the molecule is COc1cc(OC)c(C(=O)C(C)CN2CCNCC2)cc1Cl. The topological polar surface area (TPSA) is 50.8 Å². The number of carbonyl (C=O) groups excluding carboxylic acids is 1. The van der Waals surface area contributed by atoms with Gasteiger partial charge in [-0.25, -0.2) is 0 Å². The van der Waals surface area contributed by atoms with Gasteiger partial charge in [0.15, 0.2) is 5.78 Å². The lowest BCUT2D eigenvalue weighted by atomic mass is 9.97. The molecule has 0 saturated carbocycles. The number of methoxy groups -OCH3 is 2. The molecule has 1 unspecified atom stereocenters. The van der Waals surface area contributed by atoms with Crippen molar-refractivity contribution < 1.29 is 14.3 Å². The van der Waals surface area contributed by atoms with Gasteiger partial charge in [0.1, 0.15) is 11.5 Å². The van der Waals surface area contributed by atoms with Crippen LogP contribution in [0.2, 0.25) is 5.02 Å². The van der Waals surface area contributed by atoms with Crippen LogP contribution < -0.4 is 14.8 Å². The van der Waals surface area contributed by atoms with E-state index in [1.807, 2.05) is 6.92 Å². The number of nitrogens with zero attached hydrogens (tertiary/aromatic N) is 1. The molecule has 1 atom stereocenters. The fourth-order valence-corrected chi connectivity index (χ4v) is 2.92. The van der Waals surface area contributed by atoms with E-state index in [2.05, 4.69) is 10.2 Å². The van der Waals surface area contributed by atoms with Gasteiger partial charge in [-0.3, -0.25) is 4.79 Å². The Kier molecular flexibility index (Phi) is 6.06. The maximum absolute atomic E-state index is 12.7. The van der Waals surface area contributed by atoms with Gasteiger partial charge < -0.3 is 19.7 Å². The average Bonchev–Trinajstić information content (AvgIpc) is 2.54. The molecular weight excluding hydrogens is 304 g/mol. The Bertz CT molecular complexity index is 530. The van der Waals surface area contributed by atoms with Crippen molar-refractivity contribution in [3.8, 4) is 11.5 Å². The van der Waals surface area contributed by atoms with Crippen molar-refractivity contribution in [1.29, 1.82) is 0 Å². The lowest BCUT2D eigenvalue weighted by molar-refractivity contribution is 0.0884. The zero-order valence-corrected chi connectivity index (χ0v) is 14.1. The Labute approximate surface area is 136 Å². The minimum atomic E-state index is -0.114. The fourth-order valence-electron chi connectivity index (χ4n) is 2.68. The van der Waals surface area contributed by atoms with Gasteiger partial charge in [-0.2, -0.15) is 0 Å². The Balaban J connectivity index is 2.15. The molecule has 1 aliphatic heterocycles. The van der Waals surface area contributed by atoms with Crippen molar-refractivity contribution in [3.05, 3.63) is 22.7 Å². The molecule has 5 nitrogen and oxygen atoms in total. The number of benzene rings is 1. The van der Waals surface area contributed by atoms with E-state index in [1.165, 1.54) is 7.11 Å². The number of ketones is 1. The number of carbonyl (C=O) groups is 1. The van der Waals surface area contributed by atoms with E-state index < -0.39 is 0 Å². The van der Waals surface area contributed by atoms with Crippen molar-refractivity contribution in [3.63, 3.8) is 0 Å². The van der Waals surface area contributed by atoms with Crippen LogP contribution in [0.5, 0.6) is 11.5 Å². The third kappa shape index (κ3) is 3.91. The van der Waals surface area contributed by atoms with Crippen LogP contribution in [0.1, 0.15) is 17.3 Å². The number of hydrogen-bond acceptors (Lipinski definition) is 5. The first kappa shape index (κ1) is 17.1. The Hall–Kier alpha value is -1.30. The summed E-state index contributed by atoms with van der Waals surface area (Å²) in [5, 5.41) is 3.73. The first-order chi connectivity index (χ1) is 10.6. The highest BCUT2D eigenvalue weighted by atomic mass is 35.5. The maximum atomic E-state index is 12.7. The molecule has 1 N–H and O–H groups in total. The summed E-state index contributed by atoms with van der Waals surface area (Å²) in [4.78, 5) is 15.0. The fraction of sp³-hybridized carbons (Fsp3) is 0.562. The van der Waals surface area contributed by atoms with Crippen LogP contribution in [0.4, 0.5) is 0 Å². The summed E-state index contributed by atoms with van der Waals surface area (Å²) in [6.45, 7) is 6.57. The third-order valence-electron chi connectivity index (χ3n) is 3.93. The quantitative estimate of drug-likeness (QED) is 0.811. The first-order valence-electron chi connectivity index (χ1n) is 7.45. The number of ether oxygens (including phenoxy) is 2. The van der Waals surface area contributed by atoms with Gasteiger partial charge in [0.25, 0.3) is 0 Å².